The highest BCUT2D eigenvalue weighted by atomic mass is 16.5. The Morgan fingerprint density at radius 2 is 1.87 bits per heavy atom. The summed E-state index contributed by atoms with van der Waals surface area (Å²) in [5.41, 5.74) is 9.73. The zero-order chi connectivity index (χ0) is 21.0. The van der Waals surface area contributed by atoms with Gasteiger partial charge in [0.25, 0.3) is 0 Å². The van der Waals surface area contributed by atoms with Crippen molar-refractivity contribution in [2.75, 3.05) is 0 Å². The molecule has 0 aliphatic heterocycles. The van der Waals surface area contributed by atoms with Gasteiger partial charge in [0.15, 0.2) is 0 Å². The van der Waals surface area contributed by atoms with Crippen LogP contribution >= 0.6 is 0 Å². The van der Waals surface area contributed by atoms with Gasteiger partial charge in [-0.2, -0.15) is 0 Å². The topological polar surface area (TPSA) is 59.4 Å². The van der Waals surface area contributed by atoms with Crippen molar-refractivity contribution in [3.63, 3.8) is 0 Å². The van der Waals surface area contributed by atoms with Crippen LogP contribution in [0.3, 0.4) is 0 Å². The molecule has 1 fully saturated rings. The van der Waals surface area contributed by atoms with Gasteiger partial charge in [-0.15, -0.1) is 0 Å². The van der Waals surface area contributed by atoms with Gasteiger partial charge in [0, 0.05) is 18.2 Å². The molecule has 5 rings (SSSR count). The van der Waals surface area contributed by atoms with Gasteiger partial charge in [-0.05, 0) is 77.6 Å². The number of hydrogen-bond donors (Lipinski definition) is 1. The molecule has 2 aromatic carbocycles. The van der Waals surface area contributed by atoms with Gasteiger partial charge in [0.05, 0.1) is 5.92 Å². The SMILES string of the molecule is Cc1cccc(C)c1-c1cccc(COc2cc3c(cn2)C2[C@@H](C3)[C@@H]2C(=O)O)c1C. The third-order valence-corrected chi connectivity index (χ3v) is 6.84. The van der Waals surface area contributed by atoms with Crippen molar-refractivity contribution in [1.82, 2.24) is 4.98 Å². The number of carboxylic acid groups (broad SMARTS) is 1. The molecule has 30 heavy (non-hydrogen) atoms. The molecule has 152 valence electrons. The maximum absolute atomic E-state index is 11.3. The molecule has 3 aromatic rings. The van der Waals surface area contributed by atoms with Crippen LogP contribution in [0.5, 0.6) is 5.88 Å². The minimum Gasteiger partial charge on any atom is -0.481 e. The molecule has 2 aliphatic rings. The standard InChI is InChI=1S/C26H25NO3/c1-14-6-4-7-15(2)23(14)19-9-5-8-17(16(19)3)13-30-22-11-18-10-20-24(21(18)12-27-22)25(20)26(28)29/h4-9,11-12,20,24-25H,10,13H2,1-3H3,(H,28,29)/t20-,24?,25+/m1/s1. The van der Waals surface area contributed by atoms with Crippen molar-refractivity contribution < 1.29 is 14.6 Å². The van der Waals surface area contributed by atoms with Gasteiger partial charge < -0.3 is 9.84 Å². The van der Waals surface area contributed by atoms with Crippen LogP contribution in [-0.2, 0) is 17.8 Å². The Hall–Kier alpha value is -3.14. The van der Waals surface area contributed by atoms with E-state index < -0.39 is 5.97 Å². The molecule has 3 atom stereocenters. The minimum absolute atomic E-state index is 0.148. The van der Waals surface area contributed by atoms with E-state index in [1.807, 2.05) is 12.3 Å². The van der Waals surface area contributed by atoms with E-state index in [1.54, 1.807) is 0 Å². The summed E-state index contributed by atoms with van der Waals surface area (Å²) in [4.78, 5) is 15.7. The Bertz CT molecular complexity index is 1150. The Balaban J connectivity index is 1.35. The van der Waals surface area contributed by atoms with Crippen molar-refractivity contribution in [1.29, 1.82) is 0 Å². The molecule has 4 heteroatoms. The second-order valence-corrected chi connectivity index (χ2v) is 8.62. The van der Waals surface area contributed by atoms with Gasteiger partial charge in [-0.1, -0.05) is 36.4 Å². The van der Waals surface area contributed by atoms with Crippen molar-refractivity contribution >= 4 is 5.97 Å². The summed E-state index contributed by atoms with van der Waals surface area (Å²) in [5.74, 6) is 0.0940. The van der Waals surface area contributed by atoms with Crippen molar-refractivity contribution in [2.45, 2.75) is 39.7 Å². The molecule has 0 bridgehead atoms. The van der Waals surface area contributed by atoms with Gasteiger partial charge in [-0.3, -0.25) is 4.79 Å². The predicted octanol–water partition coefficient (Wildman–Crippen LogP) is 5.22. The third kappa shape index (κ3) is 2.98. The van der Waals surface area contributed by atoms with E-state index in [4.69, 9.17) is 4.74 Å². The molecule has 2 aliphatic carbocycles. The molecule has 0 saturated heterocycles. The molecule has 4 nitrogen and oxygen atoms in total. The van der Waals surface area contributed by atoms with Gasteiger partial charge in [0.1, 0.15) is 6.61 Å². The lowest BCUT2D eigenvalue weighted by molar-refractivity contribution is -0.139. The highest BCUT2D eigenvalue weighted by molar-refractivity contribution is 5.78. The van der Waals surface area contributed by atoms with Gasteiger partial charge >= 0.3 is 5.97 Å². The summed E-state index contributed by atoms with van der Waals surface area (Å²) in [5, 5.41) is 9.27. The zero-order valence-corrected chi connectivity index (χ0v) is 17.5. The summed E-state index contributed by atoms with van der Waals surface area (Å²) < 4.78 is 6.05. The Labute approximate surface area is 176 Å². The van der Waals surface area contributed by atoms with Crippen LogP contribution in [0.15, 0.2) is 48.7 Å². The zero-order valence-electron chi connectivity index (χ0n) is 17.5. The van der Waals surface area contributed by atoms with Crippen LogP contribution in [0.4, 0.5) is 0 Å². The molecule has 1 heterocycles. The van der Waals surface area contributed by atoms with Crippen LogP contribution < -0.4 is 4.74 Å². The van der Waals surface area contributed by atoms with Crippen LogP contribution in [0.2, 0.25) is 0 Å². The van der Waals surface area contributed by atoms with E-state index in [0.29, 0.717) is 12.5 Å². The molecular formula is C26H25NO3. The Morgan fingerprint density at radius 1 is 1.13 bits per heavy atom. The predicted molar refractivity (Wildman–Crippen MR) is 116 cm³/mol. The number of hydrogen-bond acceptors (Lipinski definition) is 3. The number of aryl methyl sites for hydroxylation is 2. The number of ether oxygens (including phenoxy) is 1. The Kier molecular flexibility index (Phi) is 4.39. The monoisotopic (exact) mass is 399 g/mol. The highest BCUT2D eigenvalue weighted by Crippen LogP contribution is 2.61. The fraction of sp³-hybridized carbons (Fsp3) is 0.308. The van der Waals surface area contributed by atoms with Gasteiger partial charge in [0.2, 0.25) is 5.88 Å². The van der Waals surface area contributed by atoms with Crippen LogP contribution in [0, 0.1) is 32.6 Å². The van der Waals surface area contributed by atoms with Gasteiger partial charge in [-0.25, -0.2) is 4.98 Å². The Morgan fingerprint density at radius 3 is 2.60 bits per heavy atom. The first kappa shape index (κ1) is 18.9. The number of aliphatic carboxylic acids is 1. The molecule has 1 aromatic heterocycles. The number of carbonyl (C=O) groups is 1. The molecule has 0 spiro atoms. The summed E-state index contributed by atoms with van der Waals surface area (Å²) in [6.45, 7) is 6.91. The second-order valence-electron chi connectivity index (χ2n) is 8.62. The highest BCUT2D eigenvalue weighted by Gasteiger charge is 2.59. The van der Waals surface area contributed by atoms with Crippen LogP contribution in [0.25, 0.3) is 11.1 Å². The fourth-order valence-electron chi connectivity index (χ4n) is 5.19. The first-order chi connectivity index (χ1) is 14.5. The van der Waals surface area contributed by atoms with Crippen LogP contribution in [0.1, 0.15) is 39.3 Å². The normalized spacial score (nSPS) is 21.1. The quantitative estimate of drug-likeness (QED) is 0.639. The minimum atomic E-state index is -0.685. The summed E-state index contributed by atoms with van der Waals surface area (Å²) >= 11 is 0. The summed E-state index contributed by atoms with van der Waals surface area (Å²) in [6.07, 6.45) is 2.63. The maximum Gasteiger partial charge on any atom is 0.307 e. The lowest BCUT2D eigenvalue weighted by atomic mass is 9.91. The van der Waals surface area contributed by atoms with Crippen molar-refractivity contribution in [3.8, 4) is 17.0 Å². The van der Waals surface area contributed by atoms with Crippen molar-refractivity contribution in [3.05, 3.63) is 82.0 Å². The number of aromatic nitrogens is 1. The maximum atomic E-state index is 11.3. The first-order valence-corrected chi connectivity index (χ1v) is 10.4. The average Bonchev–Trinajstić information content (AvgIpc) is 3.31. The number of rotatable bonds is 5. The second kappa shape index (κ2) is 6.98. The first-order valence-electron chi connectivity index (χ1n) is 10.4. The molecular weight excluding hydrogens is 374 g/mol. The number of fused-ring (bicyclic) bond motifs is 3. The van der Waals surface area contributed by atoms with E-state index in [-0.39, 0.29) is 17.8 Å². The number of nitrogens with zero attached hydrogens (tertiary/aromatic N) is 1. The lowest BCUT2D eigenvalue weighted by Crippen LogP contribution is -2.06. The average molecular weight is 399 g/mol. The van der Waals surface area contributed by atoms with E-state index in [2.05, 4.69) is 62.2 Å². The number of benzene rings is 2. The van der Waals surface area contributed by atoms with E-state index >= 15 is 0 Å². The molecule has 1 N–H and O–H groups in total. The smallest absolute Gasteiger partial charge is 0.307 e. The molecule has 1 unspecified atom stereocenters. The number of pyridine rings is 1. The third-order valence-electron chi connectivity index (χ3n) is 6.84. The molecule has 0 radical (unpaired) electrons. The van der Waals surface area contributed by atoms with E-state index in [1.165, 1.54) is 33.4 Å². The molecule has 0 amide bonds. The summed E-state index contributed by atoms with van der Waals surface area (Å²) in [7, 11) is 0. The van der Waals surface area contributed by atoms with E-state index in [9.17, 15) is 9.90 Å². The van der Waals surface area contributed by atoms with Crippen LogP contribution in [-0.4, -0.2) is 16.1 Å². The molecule has 1 saturated carbocycles. The summed E-state index contributed by atoms with van der Waals surface area (Å²) in [6, 6.07) is 14.8. The van der Waals surface area contributed by atoms with Crippen molar-refractivity contribution in [2.24, 2.45) is 11.8 Å². The van der Waals surface area contributed by atoms with E-state index in [0.717, 1.165) is 17.5 Å². The largest absolute Gasteiger partial charge is 0.481 e. The number of carboxylic acids is 1. The fourth-order valence-corrected chi connectivity index (χ4v) is 5.19. The lowest BCUT2D eigenvalue weighted by Gasteiger charge is -2.16.